The highest BCUT2D eigenvalue weighted by atomic mass is 16.5. The summed E-state index contributed by atoms with van der Waals surface area (Å²) in [7, 11) is 3.43. The third-order valence-corrected chi connectivity index (χ3v) is 9.01. The van der Waals surface area contributed by atoms with Crippen molar-refractivity contribution in [2.45, 2.75) is 83.3 Å². The van der Waals surface area contributed by atoms with E-state index >= 15 is 0 Å². The summed E-state index contributed by atoms with van der Waals surface area (Å²) < 4.78 is 35.5. The normalized spacial score (nSPS) is 20.5. The maximum atomic E-state index is 13.7. The van der Waals surface area contributed by atoms with Crippen molar-refractivity contribution >= 4 is 11.6 Å². The van der Waals surface area contributed by atoms with Crippen LogP contribution >= 0.6 is 0 Å². The Labute approximate surface area is 292 Å². The Morgan fingerprint density at radius 1 is 0.959 bits per heavy atom. The number of piperidine rings is 1. The average molecular weight is 686 g/mol. The van der Waals surface area contributed by atoms with E-state index in [9.17, 15) is 9.90 Å². The fourth-order valence-corrected chi connectivity index (χ4v) is 6.57. The second kappa shape index (κ2) is 20.1. The van der Waals surface area contributed by atoms with Gasteiger partial charge in [-0.05, 0) is 73.9 Å². The monoisotopic (exact) mass is 685 g/mol. The maximum absolute atomic E-state index is 13.7. The third-order valence-electron chi connectivity index (χ3n) is 9.01. The van der Waals surface area contributed by atoms with Crippen LogP contribution < -0.4 is 20.1 Å². The number of ether oxygens (including phenoxy) is 6. The number of fused-ring (bicyclic) bond motifs is 1. The van der Waals surface area contributed by atoms with Gasteiger partial charge in [-0.25, -0.2) is 0 Å². The minimum Gasteiger partial charge on any atom is -0.494 e. The van der Waals surface area contributed by atoms with Crippen molar-refractivity contribution in [2.24, 2.45) is 11.7 Å². The van der Waals surface area contributed by atoms with Gasteiger partial charge in [-0.2, -0.15) is 0 Å². The Morgan fingerprint density at radius 2 is 1.65 bits per heavy atom. The quantitative estimate of drug-likeness (QED) is 0.194. The zero-order chi connectivity index (χ0) is 35.2. The molecule has 274 valence electrons. The van der Waals surface area contributed by atoms with Crippen molar-refractivity contribution in [1.29, 1.82) is 0 Å². The van der Waals surface area contributed by atoms with E-state index in [2.05, 4.69) is 36.9 Å². The van der Waals surface area contributed by atoms with E-state index in [0.717, 1.165) is 60.7 Å². The van der Waals surface area contributed by atoms with Crippen LogP contribution in [-0.2, 0) is 30.3 Å². The Balaban J connectivity index is 1.58. The van der Waals surface area contributed by atoms with Crippen LogP contribution in [0.1, 0.15) is 63.5 Å². The number of aliphatic hydroxyl groups excluding tert-OH is 1. The van der Waals surface area contributed by atoms with E-state index in [1.807, 2.05) is 24.3 Å². The summed E-state index contributed by atoms with van der Waals surface area (Å²) in [6.07, 6.45) is 1.89. The number of rotatable bonds is 20. The van der Waals surface area contributed by atoms with Crippen LogP contribution in [0.4, 0.5) is 5.69 Å². The first-order valence-electron chi connectivity index (χ1n) is 17.9. The average Bonchev–Trinajstić information content (AvgIpc) is 3.09. The minimum absolute atomic E-state index is 0.110. The SMILES string of the molecule is COCCCCOc1ccc([C@@H]2[C@@H](OCc3ccc4c(c3)N(CCCOC)CCO4)CN(C(=O)C(N)CC(C)C)C[C@H]2OCC(C)O)cc1. The van der Waals surface area contributed by atoms with Gasteiger partial charge in [-0.15, -0.1) is 0 Å². The van der Waals surface area contributed by atoms with Gasteiger partial charge in [0.05, 0.1) is 56.4 Å². The number of carbonyl (C=O) groups excluding carboxylic acids is 1. The maximum Gasteiger partial charge on any atom is 0.239 e. The zero-order valence-electron chi connectivity index (χ0n) is 30.2. The lowest BCUT2D eigenvalue weighted by Crippen LogP contribution is -2.57. The molecule has 1 fully saturated rings. The number of unbranched alkanes of at least 4 members (excludes halogenated alkanes) is 1. The molecule has 0 radical (unpaired) electrons. The van der Waals surface area contributed by atoms with Gasteiger partial charge in [-0.1, -0.05) is 32.0 Å². The van der Waals surface area contributed by atoms with Crippen LogP contribution in [0.2, 0.25) is 0 Å². The Bertz CT molecular complexity index is 1260. The topological polar surface area (TPSA) is 125 Å². The van der Waals surface area contributed by atoms with Crippen molar-refractivity contribution < 1.29 is 38.3 Å². The Hall–Kier alpha value is -2.93. The van der Waals surface area contributed by atoms with Gasteiger partial charge in [-0.3, -0.25) is 4.79 Å². The van der Waals surface area contributed by atoms with Gasteiger partial charge in [0.15, 0.2) is 0 Å². The summed E-state index contributed by atoms with van der Waals surface area (Å²) in [6.45, 7) is 11.4. The summed E-state index contributed by atoms with van der Waals surface area (Å²) >= 11 is 0. The van der Waals surface area contributed by atoms with Crippen molar-refractivity contribution in [2.75, 3.05) is 78.3 Å². The van der Waals surface area contributed by atoms with Gasteiger partial charge in [0.1, 0.15) is 18.1 Å². The number of aliphatic hydroxyl groups is 1. The second-order valence-electron chi connectivity index (χ2n) is 13.7. The number of amides is 1. The molecule has 2 aliphatic rings. The summed E-state index contributed by atoms with van der Waals surface area (Å²) in [5.74, 6) is 1.63. The molecular formula is C38H59N3O8. The molecule has 4 rings (SSSR count). The predicted molar refractivity (Wildman–Crippen MR) is 190 cm³/mol. The van der Waals surface area contributed by atoms with Gasteiger partial charge in [0, 0.05) is 53.0 Å². The number of hydrogen-bond donors (Lipinski definition) is 2. The summed E-state index contributed by atoms with van der Waals surface area (Å²) in [5.41, 5.74) is 9.51. The summed E-state index contributed by atoms with van der Waals surface area (Å²) in [5, 5.41) is 10.2. The van der Waals surface area contributed by atoms with Gasteiger partial charge in [0.25, 0.3) is 0 Å². The molecule has 0 spiro atoms. The van der Waals surface area contributed by atoms with E-state index in [1.54, 1.807) is 26.0 Å². The number of nitrogens with zero attached hydrogens (tertiary/aromatic N) is 2. The van der Waals surface area contributed by atoms with Crippen LogP contribution in [0.3, 0.4) is 0 Å². The highest BCUT2D eigenvalue weighted by Crippen LogP contribution is 2.36. The minimum atomic E-state index is -0.660. The number of nitrogens with two attached hydrogens (primary N) is 1. The van der Waals surface area contributed by atoms with E-state index in [-0.39, 0.29) is 24.3 Å². The van der Waals surface area contributed by atoms with E-state index in [0.29, 0.717) is 52.5 Å². The first-order valence-corrected chi connectivity index (χ1v) is 17.9. The number of carbonyl (C=O) groups is 1. The number of benzene rings is 2. The summed E-state index contributed by atoms with van der Waals surface area (Å²) in [6, 6.07) is 13.6. The molecule has 2 aromatic rings. The van der Waals surface area contributed by atoms with Gasteiger partial charge >= 0.3 is 0 Å². The lowest BCUT2D eigenvalue weighted by atomic mass is 9.84. The molecule has 3 N–H and O–H groups in total. The molecule has 5 atom stereocenters. The number of methoxy groups -OCH3 is 2. The standard InChI is InChI=1S/C38H59N3O8/c1-27(2)21-32(39)38(43)41-23-35(48-25-28(3)42)37(30-10-12-31(13-11-30)46-19-7-6-17-44-4)36(24-41)49-26-29-9-14-34-33(22-29)40(16-20-47-34)15-8-18-45-5/h9-14,22,27-28,32,35-37,42H,6-8,15-21,23-26,39H2,1-5H3/t28?,32?,35-,36+,37+/m1/s1. The highest BCUT2D eigenvalue weighted by Gasteiger charge is 2.42. The first kappa shape index (κ1) is 38.9. The van der Waals surface area contributed by atoms with Gasteiger partial charge in [0.2, 0.25) is 5.91 Å². The van der Waals surface area contributed by atoms with E-state index in [1.165, 1.54) is 0 Å². The third kappa shape index (κ3) is 11.8. The molecule has 2 unspecified atom stereocenters. The van der Waals surface area contributed by atoms with Crippen molar-refractivity contribution in [1.82, 2.24) is 4.90 Å². The fraction of sp³-hybridized carbons (Fsp3) is 0.658. The Kier molecular flexibility index (Phi) is 15.9. The molecule has 2 heterocycles. The lowest BCUT2D eigenvalue weighted by molar-refractivity contribution is -0.149. The van der Waals surface area contributed by atoms with E-state index < -0.39 is 24.4 Å². The lowest BCUT2D eigenvalue weighted by Gasteiger charge is -2.44. The van der Waals surface area contributed by atoms with Crippen LogP contribution in [0.5, 0.6) is 11.5 Å². The van der Waals surface area contributed by atoms with Crippen LogP contribution in [0, 0.1) is 5.92 Å². The molecule has 1 saturated heterocycles. The molecule has 0 aliphatic carbocycles. The van der Waals surface area contributed by atoms with E-state index in [4.69, 9.17) is 34.2 Å². The van der Waals surface area contributed by atoms with Crippen LogP contribution in [0.15, 0.2) is 42.5 Å². The van der Waals surface area contributed by atoms with Crippen LogP contribution in [-0.4, -0.2) is 114 Å². The Morgan fingerprint density at radius 3 is 2.35 bits per heavy atom. The number of hydrogen-bond acceptors (Lipinski definition) is 10. The van der Waals surface area contributed by atoms with Crippen LogP contribution in [0.25, 0.3) is 0 Å². The number of likely N-dealkylation sites (tertiary alicyclic amines) is 1. The highest BCUT2D eigenvalue weighted by molar-refractivity contribution is 5.82. The molecule has 0 aromatic heterocycles. The van der Waals surface area contributed by atoms with Crippen molar-refractivity contribution in [3.63, 3.8) is 0 Å². The number of anilines is 1. The molecular weight excluding hydrogens is 626 g/mol. The zero-order valence-corrected chi connectivity index (χ0v) is 30.2. The molecule has 0 bridgehead atoms. The molecule has 2 aliphatic heterocycles. The van der Waals surface area contributed by atoms with Gasteiger partial charge < -0.3 is 49.1 Å². The predicted octanol–water partition coefficient (Wildman–Crippen LogP) is 4.38. The second-order valence-corrected chi connectivity index (χ2v) is 13.7. The largest absolute Gasteiger partial charge is 0.494 e. The fourth-order valence-electron chi connectivity index (χ4n) is 6.57. The molecule has 2 aromatic carbocycles. The molecule has 1 amide bonds. The van der Waals surface area contributed by atoms with Crippen molar-refractivity contribution in [3.8, 4) is 11.5 Å². The molecule has 0 saturated carbocycles. The molecule has 49 heavy (non-hydrogen) atoms. The summed E-state index contributed by atoms with van der Waals surface area (Å²) in [4.78, 5) is 17.8. The smallest absolute Gasteiger partial charge is 0.239 e. The molecule has 11 heteroatoms. The van der Waals surface area contributed by atoms with Crippen molar-refractivity contribution in [3.05, 3.63) is 53.6 Å². The molecule has 11 nitrogen and oxygen atoms in total. The first-order chi connectivity index (χ1) is 23.7.